The summed E-state index contributed by atoms with van der Waals surface area (Å²) in [5.74, 6) is 2.43. The number of para-hydroxylation sites is 3. The molecular weight excluding hydrogens is 797 g/mol. The van der Waals surface area contributed by atoms with E-state index < -0.39 is 0 Å². The molecule has 0 aliphatic rings. The number of rotatable bonds is 7. The van der Waals surface area contributed by atoms with E-state index in [0.29, 0.717) is 23.4 Å². The number of aromatic nitrogens is 6. The maximum Gasteiger partial charge on any atom is 0.227 e. The molecule has 0 saturated carbocycles. The van der Waals surface area contributed by atoms with Crippen LogP contribution < -0.4 is 0 Å². The van der Waals surface area contributed by atoms with Gasteiger partial charge in [-0.25, -0.2) is 19.9 Å². The zero-order valence-corrected chi connectivity index (χ0v) is 34.9. The number of nitrogens with zero attached hydrogens (tertiary/aromatic N) is 6. The summed E-state index contributed by atoms with van der Waals surface area (Å²) in [6.45, 7) is 0. The van der Waals surface area contributed by atoms with Crippen molar-refractivity contribution in [2.75, 3.05) is 0 Å². The molecule has 0 atom stereocenters. The zero-order chi connectivity index (χ0) is 42.8. The van der Waals surface area contributed by atoms with Crippen LogP contribution in [0, 0.1) is 0 Å². The van der Waals surface area contributed by atoms with Gasteiger partial charge in [-0.2, -0.15) is 0 Å². The van der Waals surface area contributed by atoms with Crippen molar-refractivity contribution in [1.29, 1.82) is 0 Å². The number of oxazole rings is 1. The van der Waals surface area contributed by atoms with E-state index in [-0.39, 0.29) is 0 Å². The summed E-state index contributed by atoms with van der Waals surface area (Å²) in [5.41, 5.74) is 13.5. The highest BCUT2D eigenvalue weighted by molar-refractivity contribution is 6.24. The van der Waals surface area contributed by atoms with Gasteiger partial charge in [-0.15, -0.1) is 0 Å². The van der Waals surface area contributed by atoms with Crippen LogP contribution in [0.4, 0.5) is 0 Å². The molecule has 7 nitrogen and oxygen atoms in total. The Hall–Kier alpha value is -8.94. The van der Waals surface area contributed by atoms with Crippen LogP contribution in [-0.2, 0) is 0 Å². The molecule has 0 amide bonds. The Morgan fingerprint density at radius 1 is 0.338 bits per heavy atom. The smallest absolute Gasteiger partial charge is 0.227 e. The SMILES string of the molecule is c1ccc(-c2nc(-c3ccccc3)nc(-c3ccc(-n4c5ccccc5c5ccc6c7ccccc7n(-c7cccc8nc(-c9ccccc9)oc78)c6c54)cc3-c3ccccc3)n2)cc1. The Labute approximate surface area is 373 Å². The second kappa shape index (κ2) is 14.9. The van der Waals surface area contributed by atoms with Crippen LogP contribution in [0.1, 0.15) is 0 Å². The van der Waals surface area contributed by atoms with Gasteiger partial charge in [-0.05, 0) is 65.7 Å². The first-order valence-electron chi connectivity index (χ1n) is 21.7. The van der Waals surface area contributed by atoms with E-state index in [0.717, 1.165) is 99.5 Å². The first kappa shape index (κ1) is 36.7. The van der Waals surface area contributed by atoms with Crippen molar-refractivity contribution < 1.29 is 4.42 Å². The molecule has 304 valence electrons. The molecule has 13 aromatic rings. The van der Waals surface area contributed by atoms with Gasteiger partial charge in [0, 0.05) is 49.5 Å². The Balaban J connectivity index is 1.10. The van der Waals surface area contributed by atoms with Gasteiger partial charge in [0.2, 0.25) is 5.89 Å². The van der Waals surface area contributed by atoms with Crippen LogP contribution in [-0.4, -0.2) is 29.1 Å². The quantitative estimate of drug-likeness (QED) is 0.160. The molecule has 4 aromatic heterocycles. The maximum atomic E-state index is 6.73. The predicted octanol–water partition coefficient (Wildman–Crippen LogP) is 14.5. The maximum absolute atomic E-state index is 6.73. The lowest BCUT2D eigenvalue weighted by atomic mass is 9.98. The highest BCUT2D eigenvalue weighted by atomic mass is 16.3. The number of benzene rings is 9. The third-order valence-electron chi connectivity index (χ3n) is 12.4. The van der Waals surface area contributed by atoms with E-state index in [9.17, 15) is 0 Å². The number of fused-ring (bicyclic) bond motifs is 8. The number of hydrogen-bond acceptors (Lipinski definition) is 5. The van der Waals surface area contributed by atoms with E-state index in [1.165, 1.54) is 0 Å². The summed E-state index contributed by atoms with van der Waals surface area (Å²) in [4.78, 5) is 20.4. The van der Waals surface area contributed by atoms with Crippen molar-refractivity contribution in [2.45, 2.75) is 0 Å². The van der Waals surface area contributed by atoms with Crippen LogP contribution in [0.25, 0.3) is 123 Å². The van der Waals surface area contributed by atoms with Crippen LogP contribution >= 0.6 is 0 Å². The molecule has 0 fully saturated rings. The molecule has 13 rings (SSSR count). The molecule has 0 spiro atoms. The van der Waals surface area contributed by atoms with Gasteiger partial charge in [0.1, 0.15) is 5.52 Å². The summed E-state index contributed by atoms with van der Waals surface area (Å²) in [6, 6.07) is 75.7. The van der Waals surface area contributed by atoms with Crippen LogP contribution in [0.15, 0.2) is 223 Å². The molecular formula is C58H36N6O. The lowest BCUT2D eigenvalue weighted by Crippen LogP contribution is -2.02. The van der Waals surface area contributed by atoms with Gasteiger partial charge in [0.05, 0.1) is 27.8 Å². The fraction of sp³-hybridized carbons (Fsp3) is 0. The van der Waals surface area contributed by atoms with E-state index in [1.807, 2.05) is 97.1 Å². The van der Waals surface area contributed by atoms with Crippen molar-refractivity contribution in [1.82, 2.24) is 29.1 Å². The second-order valence-electron chi connectivity index (χ2n) is 16.2. The standard InChI is InChI=1S/C58H36N6O/c1-5-18-37(19-6-1)47-36-41(32-33-46(47)57-61-55(38-20-7-2-8-21-38)60-56(62-57)39-22-9-3-10-23-39)63-49-29-15-13-26-42(49)44-34-35-45-43-27-14-16-30-50(43)64(53(45)52(44)63)51-31-17-28-48-54(51)65-58(59-48)40-24-11-4-12-25-40/h1-36H. The molecule has 4 heterocycles. The first-order chi connectivity index (χ1) is 32.2. The van der Waals surface area contributed by atoms with Crippen LogP contribution in [0.3, 0.4) is 0 Å². The lowest BCUT2D eigenvalue weighted by molar-refractivity contribution is 0.618. The molecule has 7 heteroatoms. The van der Waals surface area contributed by atoms with E-state index in [1.54, 1.807) is 0 Å². The summed E-state index contributed by atoms with van der Waals surface area (Å²) in [6.07, 6.45) is 0. The monoisotopic (exact) mass is 832 g/mol. The molecule has 0 aliphatic heterocycles. The van der Waals surface area contributed by atoms with Crippen molar-refractivity contribution in [3.8, 4) is 68.1 Å². The second-order valence-corrected chi connectivity index (χ2v) is 16.2. The molecule has 0 saturated heterocycles. The molecule has 9 aromatic carbocycles. The minimum atomic E-state index is 0.589. The average Bonchev–Trinajstić information content (AvgIpc) is 4.08. The fourth-order valence-electron chi connectivity index (χ4n) is 9.49. The summed E-state index contributed by atoms with van der Waals surface area (Å²) in [5, 5.41) is 4.60. The molecule has 0 bridgehead atoms. The molecule has 0 N–H and O–H groups in total. The van der Waals surface area contributed by atoms with Gasteiger partial charge >= 0.3 is 0 Å². The Bertz CT molecular complexity index is 3870. The van der Waals surface area contributed by atoms with E-state index >= 15 is 0 Å². The third kappa shape index (κ3) is 5.98. The minimum absolute atomic E-state index is 0.589. The zero-order valence-electron chi connectivity index (χ0n) is 34.9. The average molecular weight is 833 g/mol. The van der Waals surface area contributed by atoms with Crippen LogP contribution in [0.2, 0.25) is 0 Å². The van der Waals surface area contributed by atoms with E-state index in [2.05, 4.69) is 130 Å². The summed E-state index contributed by atoms with van der Waals surface area (Å²) < 4.78 is 11.5. The Kier molecular flexibility index (Phi) is 8.39. The van der Waals surface area contributed by atoms with Gasteiger partial charge < -0.3 is 13.6 Å². The van der Waals surface area contributed by atoms with Crippen molar-refractivity contribution in [3.63, 3.8) is 0 Å². The first-order valence-corrected chi connectivity index (χ1v) is 21.7. The number of hydrogen-bond donors (Lipinski definition) is 0. The van der Waals surface area contributed by atoms with Crippen molar-refractivity contribution in [2.24, 2.45) is 0 Å². The topological polar surface area (TPSA) is 74.6 Å². The van der Waals surface area contributed by atoms with Crippen LogP contribution in [0.5, 0.6) is 0 Å². The largest absolute Gasteiger partial charge is 0.434 e. The van der Waals surface area contributed by atoms with E-state index in [4.69, 9.17) is 24.4 Å². The highest BCUT2D eigenvalue weighted by Gasteiger charge is 2.24. The van der Waals surface area contributed by atoms with Crippen molar-refractivity contribution in [3.05, 3.63) is 218 Å². The van der Waals surface area contributed by atoms with Gasteiger partial charge in [-0.3, -0.25) is 0 Å². The minimum Gasteiger partial charge on any atom is -0.434 e. The summed E-state index contributed by atoms with van der Waals surface area (Å²) in [7, 11) is 0. The third-order valence-corrected chi connectivity index (χ3v) is 12.4. The predicted molar refractivity (Wildman–Crippen MR) is 263 cm³/mol. The molecule has 0 aliphatic carbocycles. The molecule has 65 heavy (non-hydrogen) atoms. The normalized spacial score (nSPS) is 11.7. The highest BCUT2D eigenvalue weighted by Crippen LogP contribution is 2.44. The fourth-order valence-corrected chi connectivity index (χ4v) is 9.49. The van der Waals surface area contributed by atoms with Crippen molar-refractivity contribution >= 4 is 54.7 Å². The molecule has 0 unspecified atom stereocenters. The van der Waals surface area contributed by atoms with Gasteiger partial charge in [-0.1, -0.05) is 164 Å². The Morgan fingerprint density at radius 3 is 1.46 bits per heavy atom. The van der Waals surface area contributed by atoms with Gasteiger partial charge in [0.15, 0.2) is 23.1 Å². The van der Waals surface area contributed by atoms with Gasteiger partial charge in [0.25, 0.3) is 0 Å². The Morgan fingerprint density at radius 2 is 0.846 bits per heavy atom. The lowest BCUT2D eigenvalue weighted by Gasteiger charge is -2.16. The molecule has 0 radical (unpaired) electrons. The summed E-state index contributed by atoms with van der Waals surface area (Å²) >= 11 is 0.